The summed E-state index contributed by atoms with van der Waals surface area (Å²) >= 11 is 0. The second-order valence-corrected chi connectivity index (χ2v) is 17.2. The van der Waals surface area contributed by atoms with E-state index in [0.717, 1.165) is 30.8 Å². The van der Waals surface area contributed by atoms with Crippen molar-refractivity contribution in [3.63, 3.8) is 0 Å². The fourth-order valence-electron chi connectivity index (χ4n) is 7.05. The van der Waals surface area contributed by atoms with Crippen molar-refractivity contribution in [3.8, 4) is 0 Å². The zero-order chi connectivity index (χ0) is 32.3. The molecule has 0 atom stereocenters. The van der Waals surface area contributed by atoms with Crippen LogP contribution in [0.3, 0.4) is 0 Å². The molecule has 0 aromatic carbocycles. The van der Waals surface area contributed by atoms with Gasteiger partial charge in [-0.3, -0.25) is 14.7 Å². The largest absolute Gasteiger partial charge is 0.649 e. The molecule has 0 aromatic heterocycles. The first-order valence-corrected chi connectivity index (χ1v) is 15.4. The highest BCUT2D eigenvalue weighted by Gasteiger charge is 2.60. The van der Waals surface area contributed by atoms with Crippen LogP contribution in [0.5, 0.6) is 0 Å². The van der Waals surface area contributed by atoms with Crippen molar-refractivity contribution in [3.05, 3.63) is 41.8 Å². The molecule has 234 valence electrons. The predicted molar refractivity (Wildman–Crippen MR) is 181 cm³/mol. The third kappa shape index (κ3) is 6.08. The molecular formula is C36H69N4-. The minimum Gasteiger partial charge on any atom is -0.649 e. The lowest BCUT2D eigenvalue weighted by Gasteiger charge is -2.74. The maximum absolute atomic E-state index is 5.82. The third-order valence-corrected chi connectivity index (χ3v) is 11.9. The summed E-state index contributed by atoms with van der Waals surface area (Å²) in [6.45, 7) is 60.4. The van der Waals surface area contributed by atoms with Crippen molar-refractivity contribution in [2.24, 2.45) is 0 Å². The number of rotatable bonds is 6. The van der Waals surface area contributed by atoms with Crippen molar-refractivity contribution in [2.45, 2.75) is 176 Å². The van der Waals surface area contributed by atoms with Crippen molar-refractivity contribution in [1.29, 1.82) is 0 Å². The van der Waals surface area contributed by atoms with Gasteiger partial charge in [0.15, 0.2) is 0 Å². The Morgan fingerprint density at radius 1 is 0.400 bits per heavy atom. The predicted octanol–water partition coefficient (Wildman–Crippen LogP) is 9.24. The van der Waals surface area contributed by atoms with Gasteiger partial charge in [-0.05, 0) is 104 Å². The van der Waals surface area contributed by atoms with Crippen molar-refractivity contribution < 1.29 is 0 Å². The Morgan fingerprint density at radius 3 is 0.750 bits per heavy atom. The Kier molecular flexibility index (Phi) is 10.2. The average molecular weight is 558 g/mol. The molecule has 0 saturated carbocycles. The second kappa shape index (κ2) is 11.0. The van der Waals surface area contributed by atoms with Gasteiger partial charge in [0.25, 0.3) is 0 Å². The minimum atomic E-state index is -0.372. The molecule has 1 fully saturated rings. The second-order valence-electron chi connectivity index (χ2n) is 17.2. The Hall–Kier alpha value is -0.940. The summed E-state index contributed by atoms with van der Waals surface area (Å²) in [7, 11) is 0. The molecule has 1 rings (SSSR count). The van der Waals surface area contributed by atoms with Gasteiger partial charge in [0.1, 0.15) is 0 Å². The zero-order valence-electron chi connectivity index (χ0n) is 30.5. The van der Waals surface area contributed by atoms with Crippen LogP contribution in [0.15, 0.2) is 36.5 Å². The SMILES string of the molecule is C=C(C)CN1C(C)(C)C(C)(C)[N-]C(C)(C)C(C)(C)N(CC(=C)C)C(C)(C)C(C)(C)N(CC(=C)C)C(C)(C)C1(C)C. The smallest absolute Gasteiger partial charge is 0.0341 e. The molecular weight excluding hydrogens is 488 g/mol. The number of hydrogen-bond acceptors (Lipinski definition) is 3. The zero-order valence-corrected chi connectivity index (χ0v) is 30.5. The molecule has 0 aromatic rings. The highest BCUT2D eigenvalue weighted by molar-refractivity contribution is 5.30. The lowest BCUT2D eigenvalue weighted by molar-refractivity contribution is -0.162. The number of nitrogens with zero attached hydrogens (tertiary/aromatic N) is 4. The highest BCUT2D eigenvalue weighted by Crippen LogP contribution is 2.53. The molecule has 1 aliphatic rings. The molecule has 0 amide bonds. The van der Waals surface area contributed by atoms with E-state index >= 15 is 0 Å². The van der Waals surface area contributed by atoms with Crippen LogP contribution in [-0.4, -0.2) is 78.6 Å². The Balaban J connectivity index is 4.42. The van der Waals surface area contributed by atoms with E-state index in [1.54, 1.807) is 0 Å². The summed E-state index contributed by atoms with van der Waals surface area (Å²) in [5, 5.41) is 5.82. The Labute approximate surface area is 251 Å². The van der Waals surface area contributed by atoms with E-state index in [-0.39, 0.29) is 44.3 Å². The fraction of sp³-hybridized carbons (Fsp3) is 0.833. The topological polar surface area (TPSA) is 23.8 Å². The van der Waals surface area contributed by atoms with Crippen molar-refractivity contribution in [1.82, 2.24) is 14.7 Å². The lowest BCUT2D eigenvalue weighted by Crippen LogP contribution is -2.81. The van der Waals surface area contributed by atoms with Gasteiger partial charge < -0.3 is 5.32 Å². The standard InChI is InChI=1S/C36H69N4/c1-26(2)23-38-31(11,12)29(7,8)37-30(9,10)32(13,14)39(24-27(3)4)34(17,18)36(21,22)40(25-28(5)6)35(19,20)33(38,15)16/h1,3,5,23-25H2,2,4,6-22H3/q-1. The summed E-state index contributed by atoms with van der Waals surface area (Å²) in [6, 6.07) is 0. The molecule has 0 aliphatic carbocycles. The minimum absolute atomic E-state index is 0.261. The maximum Gasteiger partial charge on any atom is 0.0341 e. The van der Waals surface area contributed by atoms with E-state index in [4.69, 9.17) is 5.32 Å². The first-order valence-electron chi connectivity index (χ1n) is 15.4. The fourth-order valence-corrected chi connectivity index (χ4v) is 7.05. The van der Waals surface area contributed by atoms with E-state index in [9.17, 15) is 0 Å². The Morgan fingerprint density at radius 2 is 0.575 bits per heavy atom. The van der Waals surface area contributed by atoms with E-state index in [1.165, 1.54) is 5.57 Å². The molecule has 4 nitrogen and oxygen atoms in total. The van der Waals surface area contributed by atoms with Gasteiger partial charge in [-0.25, -0.2) is 0 Å². The van der Waals surface area contributed by atoms with Gasteiger partial charge in [-0.1, -0.05) is 64.2 Å². The van der Waals surface area contributed by atoms with Crippen molar-refractivity contribution >= 4 is 0 Å². The van der Waals surface area contributed by atoms with E-state index in [2.05, 4.69) is 166 Å². The quantitative estimate of drug-likeness (QED) is 0.304. The molecule has 1 heterocycles. The molecule has 40 heavy (non-hydrogen) atoms. The van der Waals surface area contributed by atoms with Gasteiger partial charge in [0.05, 0.1) is 0 Å². The van der Waals surface area contributed by atoms with Gasteiger partial charge >= 0.3 is 0 Å². The molecule has 1 aliphatic heterocycles. The van der Waals surface area contributed by atoms with Crippen LogP contribution in [0.1, 0.15) is 132 Å². The summed E-state index contributed by atoms with van der Waals surface area (Å²) < 4.78 is 0. The first kappa shape index (κ1) is 37.1. The molecule has 1 saturated heterocycles. The summed E-state index contributed by atoms with van der Waals surface area (Å²) in [4.78, 5) is 8.12. The van der Waals surface area contributed by atoms with E-state index in [0.29, 0.717) is 0 Å². The summed E-state index contributed by atoms with van der Waals surface area (Å²) in [5.41, 5.74) is 1.15. The van der Waals surface area contributed by atoms with Crippen molar-refractivity contribution in [2.75, 3.05) is 19.6 Å². The first-order chi connectivity index (χ1) is 17.4. The molecule has 0 N–H and O–H groups in total. The van der Waals surface area contributed by atoms with Crippen LogP contribution >= 0.6 is 0 Å². The van der Waals surface area contributed by atoms with Crippen LogP contribution in [0.2, 0.25) is 0 Å². The average Bonchev–Trinajstić information content (AvgIpc) is 2.71. The van der Waals surface area contributed by atoms with Gasteiger partial charge in [-0.15, -0.1) is 11.1 Å². The molecule has 4 heteroatoms. The summed E-state index contributed by atoms with van der Waals surface area (Å²) in [6.07, 6.45) is 0. The molecule has 0 spiro atoms. The molecule has 0 bridgehead atoms. The molecule has 0 radical (unpaired) electrons. The molecule has 0 unspecified atom stereocenters. The van der Waals surface area contributed by atoms with Crippen LogP contribution < -0.4 is 0 Å². The summed E-state index contributed by atoms with van der Waals surface area (Å²) in [5.74, 6) is 0. The maximum atomic E-state index is 5.82. The monoisotopic (exact) mass is 558 g/mol. The Bertz CT molecular complexity index is 901. The van der Waals surface area contributed by atoms with Crippen LogP contribution in [0, 0.1) is 0 Å². The van der Waals surface area contributed by atoms with Gasteiger partial charge in [-0.2, -0.15) is 0 Å². The lowest BCUT2D eigenvalue weighted by atomic mass is 9.65. The highest BCUT2D eigenvalue weighted by atomic mass is 15.4. The van der Waals surface area contributed by atoms with Crippen LogP contribution in [0.4, 0.5) is 0 Å². The number of hydrogen-bond donors (Lipinski definition) is 0. The van der Waals surface area contributed by atoms with E-state index < -0.39 is 0 Å². The van der Waals surface area contributed by atoms with E-state index in [1.807, 2.05) is 0 Å². The van der Waals surface area contributed by atoms with Crippen LogP contribution in [0.25, 0.3) is 5.32 Å². The normalized spacial score (nSPS) is 27.7. The van der Waals surface area contributed by atoms with Gasteiger partial charge in [0, 0.05) is 52.9 Å². The third-order valence-electron chi connectivity index (χ3n) is 11.9. The van der Waals surface area contributed by atoms with Crippen LogP contribution in [-0.2, 0) is 0 Å². The van der Waals surface area contributed by atoms with Gasteiger partial charge in [0.2, 0.25) is 0 Å².